The Morgan fingerprint density at radius 2 is 2.12 bits per heavy atom. The summed E-state index contributed by atoms with van der Waals surface area (Å²) < 4.78 is 5.17. The number of benzene rings is 1. The number of pyridine rings is 1. The molecule has 0 bridgehead atoms. The third kappa shape index (κ3) is 2.29. The first-order chi connectivity index (χ1) is 8.26. The standard InChI is InChI=1S/C13H10ClNO2/c1-17-13-12(3-2-6-15-13)11-5-4-10(14)7-9(11)8-16/h2-8H,1H3. The maximum absolute atomic E-state index is 11.0. The molecule has 0 saturated heterocycles. The van der Waals surface area contributed by atoms with Gasteiger partial charge in [0.2, 0.25) is 5.88 Å². The number of halogens is 1. The molecule has 3 nitrogen and oxygen atoms in total. The largest absolute Gasteiger partial charge is 0.481 e. The minimum Gasteiger partial charge on any atom is -0.481 e. The molecule has 0 amide bonds. The van der Waals surface area contributed by atoms with Gasteiger partial charge in [-0.05, 0) is 29.8 Å². The van der Waals surface area contributed by atoms with E-state index in [1.807, 2.05) is 6.07 Å². The summed E-state index contributed by atoms with van der Waals surface area (Å²) in [7, 11) is 1.54. The van der Waals surface area contributed by atoms with Gasteiger partial charge in [0.05, 0.1) is 7.11 Å². The molecule has 17 heavy (non-hydrogen) atoms. The lowest BCUT2D eigenvalue weighted by Gasteiger charge is -2.09. The smallest absolute Gasteiger partial charge is 0.221 e. The Bertz CT molecular complexity index is 555. The van der Waals surface area contributed by atoms with Crippen LogP contribution in [0.5, 0.6) is 5.88 Å². The van der Waals surface area contributed by atoms with E-state index in [0.717, 1.165) is 17.4 Å². The van der Waals surface area contributed by atoms with Gasteiger partial charge in [0.15, 0.2) is 6.29 Å². The van der Waals surface area contributed by atoms with Crippen molar-refractivity contribution in [1.82, 2.24) is 4.98 Å². The first-order valence-corrected chi connectivity index (χ1v) is 5.38. The number of methoxy groups -OCH3 is 1. The van der Waals surface area contributed by atoms with Gasteiger partial charge in [-0.1, -0.05) is 17.7 Å². The van der Waals surface area contributed by atoms with Crippen LogP contribution in [-0.2, 0) is 0 Å². The first kappa shape index (κ1) is 11.6. The second-order valence-corrected chi connectivity index (χ2v) is 3.85. The van der Waals surface area contributed by atoms with E-state index >= 15 is 0 Å². The molecule has 0 aliphatic heterocycles. The molecular weight excluding hydrogens is 238 g/mol. The number of ether oxygens (including phenoxy) is 1. The van der Waals surface area contributed by atoms with Crippen LogP contribution in [0, 0.1) is 0 Å². The van der Waals surface area contributed by atoms with E-state index in [2.05, 4.69) is 4.98 Å². The van der Waals surface area contributed by atoms with E-state index in [4.69, 9.17) is 16.3 Å². The van der Waals surface area contributed by atoms with Gasteiger partial charge in [-0.15, -0.1) is 0 Å². The molecule has 0 saturated carbocycles. The third-order valence-electron chi connectivity index (χ3n) is 2.40. The van der Waals surface area contributed by atoms with Crippen LogP contribution in [0.2, 0.25) is 5.02 Å². The van der Waals surface area contributed by atoms with Gasteiger partial charge in [-0.3, -0.25) is 4.79 Å². The summed E-state index contributed by atoms with van der Waals surface area (Å²) in [4.78, 5) is 15.1. The summed E-state index contributed by atoms with van der Waals surface area (Å²) >= 11 is 5.85. The molecule has 0 unspecified atom stereocenters. The number of nitrogens with zero attached hydrogens (tertiary/aromatic N) is 1. The van der Waals surface area contributed by atoms with E-state index in [0.29, 0.717) is 16.5 Å². The lowest BCUT2D eigenvalue weighted by atomic mass is 10.0. The van der Waals surface area contributed by atoms with Gasteiger partial charge in [0, 0.05) is 22.3 Å². The molecule has 0 aliphatic rings. The maximum Gasteiger partial charge on any atom is 0.221 e. The first-order valence-electron chi connectivity index (χ1n) is 5.00. The second kappa shape index (κ2) is 4.97. The summed E-state index contributed by atoms with van der Waals surface area (Å²) in [6.45, 7) is 0. The molecule has 2 rings (SSSR count). The van der Waals surface area contributed by atoms with E-state index in [-0.39, 0.29) is 0 Å². The Kier molecular flexibility index (Phi) is 3.40. The summed E-state index contributed by atoms with van der Waals surface area (Å²) in [5, 5.41) is 0.527. The SMILES string of the molecule is COc1ncccc1-c1ccc(Cl)cc1C=O. The van der Waals surface area contributed by atoms with Crippen LogP contribution >= 0.6 is 11.6 Å². The van der Waals surface area contributed by atoms with Gasteiger partial charge in [0.1, 0.15) is 0 Å². The number of aldehydes is 1. The average Bonchev–Trinajstić information content (AvgIpc) is 2.38. The normalized spacial score (nSPS) is 10.0. The molecule has 0 aliphatic carbocycles. The minimum atomic E-state index is 0.484. The highest BCUT2D eigenvalue weighted by Crippen LogP contribution is 2.31. The van der Waals surface area contributed by atoms with Gasteiger partial charge in [0.25, 0.3) is 0 Å². The number of rotatable bonds is 3. The molecule has 86 valence electrons. The number of carbonyl (C=O) groups excluding carboxylic acids is 1. The van der Waals surface area contributed by atoms with Crippen LogP contribution in [0.15, 0.2) is 36.5 Å². The van der Waals surface area contributed by atoms with E-state index in [1.54, 1.807) is 37.6 Å². The van der Waals surface area contributed by atoms with Crippen molar-refractivity contribution in [1.29, 1.82) is 0 Å². The van der Waals surface area contributed by atoms with Crippen molar-refractivity contribution in [3.05, 3.63) is 47.1 Å². The summed E-state index contributed by atoms with van der Waals surface area (Å²) in [6, 6.07) is 8.78. The summed E-state index contributed by atoms with van der Waals surface area (Å²) in [6.07, 6.45) is 2.41. The zero-order valence-electron chi connectivity index (χ0n) is 9.18. The van der Waals surface area contributed by atoms with Crippen LogP contribution < -0.4 is 4.74 Å². The Morgan fingerprint density at radius 1 is 1.29 bits per heavy atom. The maximum atomic E-state index is 11.0. The Hall–Kier alpha value is -1.87. The van der Waals surface area contributed by atoms with Crippen molar-refractivity contribution in [3.8, 4) is 17.0 Å². The molecule has 1 aromatic heterocycles. The van der Waals surface area contributed by atoms with E-state index in [9.17, 15) is 4.79 Å². The highest BCUT2D eigenvalue weighted by molar-refractivity contribution is 6.31. The third-order valence-corrected chi connectivity index (χ3v) is 2.63. The molecule has 1 heterocycles. The topological polar surface area (TPSA) is 39.2 Å². The summed E-state index contributed by atoms with van der Waals surface area (Å²) in [5.41, 5.74) is 2.05. The lowest BCUT2D eigenvalue weighted by Crippen LogP contribution is -1.93. The molecule has 1 aromatic carbocycles. The predicted octanol–water partition coefficient (Wildman–Crippen LogP) is 3.22. The minimum absolute atomic E-state index is 0.484. The molecule has 0 N–H and O–H groups in total. The van der Waals surface area contributed by atoms with Crippen LogP contribution in [-0.4, -0.2) is 18.4 Å². The van der Waals surface area contributed by atoms with Crippen LogP contribution in [0.4, 0.5) is 0 Å². The van der Waals surface area contributed by atoms with Crippen molar-refractivity contribution in [2.24, 2.45) is 0 Å². The average molecular weight is 248 g/mol. The highest BCUT2D eigenvalue weighted by Gasteiger charge is 2.10. The van der Waals surface area contributed by atoms with Crippen LogP contribution in [0.1, 0.15) is 10.4 Å². The quantitative estimate of drug-likeness (QED) is 0.782. The fraction of sp³-hybridized carbons (Fsp3) is 0.0769. The lowest BCUT2D eigenvalue weighted by molar-refractivity contribution is 0.112. The molecule has 4 heteroatoms. The zero-order valence-corrected chi connectivity index (χ0v) is 9.94. The van der Waals surface area contributed by atoms with Gasteiger partial charge in [-0.25, -0.2) is 4.98 Å². The zero-order chi connectivity index (χ0) is 12.3. The summed E-state index contributed by atoms with van der Waals surface area (Å²) in [5.74, 6) is 0.484. The van der Waals surface area contributed by atoms with Gasteiger partial charge in [-0.2, -0.15) is 0 Å². The predicted molar refractivity (Wildman–Crippen MR) is 66.6 cm³/mol. The Balaban J connectivity index is 2.63. The van der Waals surface area contributed by atoms with Crippen LogP contribution in [0.25, 0.3) is 11.1 Å². The number of hydrogen-bond donors (Lipinski definition) is 0. The van der Waals surface area contributed by atoms with Crippen molar-refractivity contribution in [2.45, 2.75) is 0 Å². The number of aromatic nitrogens is 1. The van der Waals surface area contributed by atoms with Crippen molar-refractivity contribution in [3.63, 3.8) is 0 Å². The second-order valence-electron chi connectivity index (χ2n) is 3.41. The van der Waals surface area contributed by atoms with Gasteiger partial charge >= 0.3 is 0 Å². The molecule has 0 atom stereocenters. The molecule has 0 radical (unpaired) electrons. The fourth-order valence-corrected chi connectivity index (χ4v) is 1.82. The number of carbonyl (C=O) groups is 1. The molecule has 0 spiro atoms. The molecule has 0 fully saturated rings. The highest BCUT2D eigenvalue weighted by atomic mass is 35.5. The van der Waals surface area contributed by atoms with Crippen molar-refractivity contribution < 1.29 is 9.53 Å². The molecular formula is C13H10ClNO2. The monoisotopic (exact) mass is 247 g/mol. The van der Waals surface area contributed by atoms with Crippen LogP contribution in [0.3, 0.4) is 0 Å². The van der Waals surface area contributed by atoms with E-state index < -0.39 is 0 Å². The van der Waals surface area contributed by atoms with Crippen molar-refractivity contribution in [2.75, 3.05) is 7.11 Å². The van der Waals surface area contributed by atoms with Crippen molar-refractivity contribution >= 4 is 17.9 Å². The van der Waals surface area contributed by atoms with E-state index in [1.165, 1.54) is 0 Å². The fourth-order valence-electron chi connectivity index (χ4n) is 1.63. The molecule has 2 aromatic rings. The Labute approximate surface area is 104 Å². The van der Waals surface area contributed by atoms with Gasteiger partial charge < -0.3 is 4.74 Å². The number of hydrogen-bond acceptors (Lipinski definition) is 3. The Morgan fingerprint density at radius 3 is 2.82 bits per heavy atom.